The smallest absolute Gasteiger partial charge is 0.313 e. The van der Waals surface area contributed by atoms with Crippen LogP contribution in [-0.2, 0) is 61.5 Å². The number of carbonyl (C=O) groups excluding carboxylic acids is 2. The second-order valence-electron chi connectivity index (χ2n) is 42.5. The van der Waals surface area contributed by atoms with Gasteiger partial charge in [0.15, 0.2) is 11.6 Å². The molecule has 2 unspecified atom stereocenters. The molecule has 0 saturated carbocycles. The molecule has 4 fully saturated rings. The van der Waals surface area contributed by atoms with Crippen molar-refractivity contribution in [2.45, 2.75) is 235 Å². The van der Waals surface area contributed by atoms with Gasteiger partial charge in [0.2, 0.25) is 0 Å². The minimum atomic E-state index is -1.02. The molecule has 4 heterocycles. The summed E-state index contributed by atoms with van der Waals surface area (Å²) in [5, 5.41) is 83.1. The molecule has 0 aromatic heterocycles. The lowest BCUT2D eigenvalue weighted by atomic mass is 9.72. The highest BCUT2D eigenvalue weighted by atomic mass is 16.5. The third kappa shape index (κ3) is 30.9. The fourth-order valence-electron chi connectivity index (χ4n) is 20.8. The van der Waals surface area contributed by atoms with Crippen LogP contribution in [0.1, 0.15) is 289 Å². The number of piperidine rings is 4. The minimum absolute atomic E-state index is 0. The summed E-state index contributed by atoms with van der Waals surface area (Å²) in [5.74, 6) is -3.06. The molecule has 20 heteroatoms. The molecule has 4 aliphatic rings. The monoisotopic (exact) mass is 2020 g/mol. The fourth-order valence-corrected chi connectivity index (χ4v) is 20.8. The topological polar surface area (TPSA) is 296 Å². The van der Waals surface area contributed by atoms with E-state index in [1.54, 1.807) is 116 Å². The van der Waals surface area contributed by atoms with Crippen molar-refractivity contribution in [3.63, 3.8) is 0 Å². The molecule has 16 rings (SSSR count). The second-order valence-corrected chi connectivity index (χ2v) is 42.5. The summed E-state index contributed by atoms with van der Waals surface area (Å²) in [4.78, 5) is 81.0. The number of aliphatic hydroxyl groups excluding tert-OH is 2. The molecule has 0 bridgehead atoms. The van der Waals surface area contributed by atoms with E-state index in [1.807, 2.05) is 182 Å². The number of ketones is 2. The number of rotatable bonds is 42. The van der Waals surface area contributed by atoms with Gasteiger partial charge >= 0.3 is 23.9 Å². The first-order valence-corrected chi connectivity index (χ1v) is 53.0. The highest BCUT2D eigenvalue weighted by Crippen LogP contribution is 2.45. The highest BCUT2D eigenvalue weighted by molar-refractivity contribution is 5.97. The van der Waals surface area contributed by atoms with Crippen LogP contribution in [0, 0.1) is 11.8 Å². The third-order valence-electron chi connectivity index (χ3n) is 31.0. The van der Waals surface area contributed by atoms with Crippen molar-refractivity contribution >= 4 is 35.4 Å². The zero-order valence-corrected chi connectivity index (χ0v) is 87.4. The van der Waals surface area contributed by atoms with Crippen LogP contribution in [0.25, 0.3) is 0 Å². The largest absolute Gasteiger partial charge is 0.481 e. The Kier molecular flexibility index (Phi) is 42.3. The molecule has 149 heavy (non-hydrogen) atoms. The van der Waals surface area contributed by atoms with Crippen molar-refractivity contribution in [1.29, 1.82) is 0 Å². The first kappa shape index (κ1) is 115. The zero-order valence-electron chi connectivity index (χ0n) is 87.4. The maximum atomic E-state index is 12.7. The Bertz CT molecular complexity index is 5920. The molecule has 20 nitrogen and oxygen atoms in total. The van der Waals surface area contributed by atoms with Gasteiger partial charge < -0.3 is 69.9 Å². The number of carbonyl (C=O) groups is 6. The van der Waals surface area contributed by atoms with E-state index >= 15 is 0 Å². The molecule has 4 saturated heterocycles. The molecule has 8 N–H and O–H groups in total. The fraction of sp³-hybridized carbons (Fsp3) is 0.395. The van der Waals surface area contributed by atoms with Gasteiger partial charge in [-0.2, -0.15) is 0 Å². The van der Waals surface area contributed by atoms with Crippen LogP contribution in [0.2, 0.25) is 0 Å². The average molecular weight is 2020 g/mol. The van der Waals surface area contributed by atoms with Gasteiger partial charge in [0.05, 0.1) is 46.1 Å². The Balaban J connectivity index is 0.000000176. The molecular formula is C129H156N4O16. The Morgan fingerprint density at radius 3 is 0.691 bits per heavy atom. The molecule has 0 spiro atoms. The van der Waals surface area contributed by atoms with Crippen molar-refractivity contribution in [3.8, 4) is 0 Å². The Morgan fingerprint density at radius 1 is 0.268 bits per heavy atom. The van der Waals surface area contributed by atoms with Gasteiger partial charge in [-0.1, -0.05) is 347 Å². The summed E-state index contributed by atoms with van der Waals surface area (Å²) in [7, 11) is 0. The average Bonchev–Trinajstić information content (AvgIpc) is 0.766. The second kappa shape index (κ2) is 54.8. The Morgan fingerprint density at radius 2 is 0.470 bits per heavy atom. The number of nitrogens with zero attached hydrogens (tertiary/aromatic N) is 4. The number of aliphatic hydroxyl groups is 4. The van der Waals surface area contributed by atoms with Crippen molar-refractivity contribution < 1.29 is 79.1 Å². The lowest BCUT2D eigenvalue weighted by molar-refractivity contribution is -0.143. The molecular weight excluding hydrogens is 1860 g/mol. The van der Waals surface area contributed by atoms with Gasteiger partial charge in [-0.15, -0.1) is 0 Å². The third-order valence-corrected chi connectivity index (χ3v) is 31.0. The van der Waals surface area contributed by atoms with Crippen LogP contribution in [0.4, 0.5) is 0 Å². The maximum Gasteiger partial charge on any atom is 0.313 e. The van der Waals surface area contributed by atoms with E-state index < -0.39 is 68.9 Å². The lowest BCUT2D eigenvalue weighted by Gasteiger charge is -2.42. The first-order chi connectivity index (χ1) is 71.1. The Labute approximate surface area is 882 Å². The number of hydrogen-bond acceptors (Lipinski definition) is 16. The zero-order chi connectivity index (χ0) is 105. The highest BCUT2D eigenvalue weighted by Gasteiger charge is 2.44. The van der Waals surface area contributed by atoms with E-state index in [9.17, 15) is 69.6 Å². The van der Waals surface area contributed by atoms with E-state index in [4.69, 9.17) is 9.47 Å². The number of ether oxygens (including phenoxy) is 2. The number of aliphatic carboxylic acids is 4. The predicted octanol–water partition coefficient (Wildman–Crippen LogP) is 24.2. The van der Waals surface area contributed by atoms with Gasteiger partial charge in [0, 0.05) is 50.1 Å². The van der Waals surface area contributed by atoms with Crippen LogP contribution in [0.3, 0.4) is 0 Å². The lowest BCUT2D eigenvalue weighted by Crippen LogP contribution is -2.44. The van der Waals surface area contributed by atoms with Crippen molar-refractivity contribution in [2.24, 2.45) is 11.8 Å². The van der Waals surface area contributed by atoms with Gasteiger partial charge in [-0.25, -0.2) is 0 Å². The van der Waals surface area contributed by atoms with Crippen LogP contribution >= 0.6 is 0 Å². The molecule has 12 aromatic rings. The van der Waals surface area contributed by atoms with Crippen molar-refractivity contribution in [2.75, 3.05) is 78.5 Å². The van der Waals surface area contributed by atoms with Crippen LogP contribution in [0.5, 0.6) is 0 Å². The van der Waals surface area contributed by atoms with Crippen molar-refractivity contribution in [3.05, 3.63) is 429 Å². The summed E-state index contributed by atoms with van der Waals surface area (Å²) < 4.78 is 13.3. The number of carboxylic acids is 4. The molecule has 788 valence electrons. The van der Waals surface area contributed by atoms with Gasteiger partial charge in [-0.3, -0.25) is 28.8 Å². The Hall–Kier alpha value is -12.5. The summed E-state index contributed by atoms with van der Waals surface area (Å²) in [5.41, 5.74) is 8.36. The molecule has 0 aliphatic carbocycles. The van der Waals surface area contributed by atoms with Gasteiger partial charge in [0.25, 0.3) is 0 Å². The van der Waals surface area contributed by atoms with E-state index in [0.29, 0.717) is 47.9 Å². The number of benzene rings is 12. The quantitative estimate of drug-likeness (QED) is 0.0165. The molecule has 12 aromatic carbocycles. The standard InChI is InChI=1S/C32H39NO4.C32H37NO4.C32H39NO4.C32H37NO4.CH4/c2*1-31(2,30(35)36)25-17-15-24(16-18-25)29(34)14-9-21-33-22-19-28(20-23-33)32(37,26-10-5-3-6-11-26)27-12-7-4-8-13-27;2*1-32(2,31(35)36)27-17-15-24(16-18-27)29(34)14-9-21-33-22-19-28(20-23-33)37-30(25-10-5-3-6-11-25)26-12-7-4-8-13-26;/h3-8,10-13,15-18,28-29,34,37H,9,14,19-23H2,1-2H3,(H,35,36);3-8,10-13,15-18,28,37H,9,14,19-23H2,1-2H3,(H,35,36);3-8,10-13,15-18,28-30,34H,9,14,19-23H2,1-2H3,(H,35,36);3-8,10-13,15-18,28,30H,9,14,19-23H2,1-2H3,(H,35,36);1H4. The van der Waals surface area contributed by atoms with E-state index in [1.165, 1.54) is 22.3 Å². The summed E-state index contributed by atoms with van der Waals surface area (Å²) >= 11 is 0. The van der Waals surface area contributed by atoms with E-state index in [0.717, 1.165) is 200 Å². The van der Waals surface area contributed by atoms with Crippen LogP contribution in [-0.4, -0.2) is 187 Å². The molecule has 0 amide bonds. The summed E-state index contributed by atoms with van der Waals surface area (Å²) in [6, 6.07) is 110. The van der Waals surface area contributed by atoms with Crippen LogP contribution in [0.15, 0.2) is 340 Å². The number of likely N-dealkylation sites (tertiary alicyclic amines) is 4. The number of carboxylic acid groups (broad SMARTS) is 4. The SMILES string of the molecule is C.CC(C)(C(=O)O)c1ccc(C(=O)CCCN2CCC(C(O)(c3ccccc3)c3ccccc3)CC2)cc1.CC(C)(C(=O)O)c1ccc(C(=O)CCCN2CCC(OC(c3ccccc3)c3ccccc3)CC2)cc1.CC(C)(C(=O)O)c1ccc(C(O)CCCN2CCC(C(O)(c3ccccc3)c3ccccc3)CC2)cc1.CC(C)(C(=O)O)c1ccc(C(O)CCCN2CCC(OC(c3ccccc3)c3ccccc3)CC2)cc1. The first-order valence-electron chi connectivity index (χ1n) is 53.0. The summed E-state index contributed by atoms with van der Waals surface area (Å²) in [6.45, 7) is 24.6. The van der Waals surface area contributed by atoms with Crippen molar-refractivity contribution in [1.82, 2.24) is 19.6 Å². The normalized spacial score (nSPS) is 15.7. The molecule has 2 atom stereocenters. The van der Waals surface area contributed by atoms with E-state index in [-0.39, 0.29) is 55.2 Å². The molecule has 4 aliphatic heterocycles. The number of hydrogen-bond donors (Lipinski definition) is 8. The minimum Gasteiger partial charge on any atom is -0.481 e. The number of Topliss-reactive ketones (excluding diaryl/α,β-unsaturated/α-hetero) is 2. The predicted molar refractivity (Wildman–Crippen MR) is 591 cm³/mol. The summed E-state index contributed by atoms with van der Waals surface area (Å²) in [6.07, 6.45) is 12.4. The van der Waals surface area contributed by atoms with Gasteiger partial charge in [-0.05, 0) is 287 Å². The van der Waals surface area contributed by atoms with E-state index in [2.05, 4.69) is 117 Å². The maximum absolute atomic E-state index is 12.7. The van der Waals surface area contributed by atoms with Gasteiger partial charge in [0.1, 0.15) is 23.4 Å². The van der Waals surface area contributed by atoms with Crippen LogP contribution < -0.4 is 0 Å². The molecule has 0 radical (unpaired) electrons.